The Kier molecular flexibility index (Phi) is 4.67. The summed E-state index contributed by atoms with van der Waals surface area (Å²) >= 11 is 6.10. The molecule has 0 unspecified atom stereocenters. The SMILES string of the molecule is COc1cccc(OC)c1C(=O)NCC1(c2cccc(Cl)c2)CC1. The second-order valence-electron chi connectivity index (χ2n) is 6.01. The Balaban J connectivity index is 1.77. The molecule has 1 aliphatic rings. The van der Waals surface area contributed by atoms with E-state index in [0.717, 1.165) is 17.9 Å². The molecule has 0 aromatic heterocycles. The number of hydrogen-bond donors (Lipinski definition) is 1. The molecule has 126 valence electrons. The summed E-state index contributed by atoms with van der Waals surface area (Å²) in [5.41, 5.74) is 1.57. The number of nitrogens with one attached hydrogen (secondary N) is 1. The molecule has 3 rings (SSSR count). The molecule has 1 amide bonds. The quantitative estimate of drug-likeness (QED) is 0.865. The molecule has 4 nitrogen and oxygen atoms in total. The van der Waals surface area contributed by atoms with Crippen LogP contribution in [0.5, 0.6) is 11.5 Å². The van der Waals surface area contributed by atoms with E-state index in [9.17, 15) is 4.79 Å². The lowest BCUT2D eigenvalue weighted by atomic mass is 9.96. The monoisotopic (exact) mass is 345 g/mol. The maximum Gasteiger partial charge on any atom is 0.258 e. The van der Waals surface area contributed by atoms with E-state index in [1.165, 1.54) is 5.56 Å². The largest absolute Gasteiger partial charge is 0.496 e. The molecule has 1 N–H and O–H groups in total. The Hall–Kier alpha value is -2.20. The van der Waals surface area contributed by atoms with Gasteiger partial charge < -0.3 is 14.8 Å². The van der Waals surface area contributed by atoms with E-state index in [1.807, 2.05) is 18.2 Å². The van der Waals surface area contributed by atoms with Gasteiger partial charge in [0.25, 0.3) is 5.91 Å². The molecule has 1 saturated carbocycles. The highest BCUT2D eigenvalue weighted by Gasteiger charge is 2.44. The van der Waals surface area contributed by atoms with Crippen LogP contribution in [0.1, 0.15) is 28.8 Å². The van der Waals surface area contributed by atoms with Gasteiger partial charge in [-0.05, 0) is 42.7 Å². The summed E-state index contributed by atoms with van der Waals surface area (Å²) < 4.78 is 10.6. The van der Waals surface area contributed by atoms with Crippen molar-refractivity contribution < 1.29 is 14.3 Å². The highest BCUT2D eigenvalue weighted by molar-refractivity contribution is 6.30. The molecule has 0 spiro atoms. The van der Waals surface area contributed by atoms with Gasteiger partial charge in [0.15, 0.2) is 0 Å². The number of hydrogen-bond acceptors (Lipinski definition) is 3. The minimum absolute atomic E-state index is 0.0180. The second-order valence-corrected chi connectivity index (χ2v) is 6.45. The Labute approximate surface area is 146 Å². The van der Waals surface area contributed by atoms with Crippen molar-refractivity contribution in [3.63, 3.8) is 0 Å². The lowest BCUT2D eigenvalue weighted by Crippen LogP contribution is -2.32. The fourth-order valence-electron chi connectivity index (χ4n) is 2.95. The minimum Gasteiger partial charge on any atom is -0.496 e. The van der Waals surface area contributed by atoms with Crippen LogP contribution in [-0.4, -0.2) is 26.7 Å². The van der Waals surface area contributed by atoms with Gasteiger partial charge in [-0.1, -0.05) is 29.8 Å². The fourth-order valence-corrected chi connectivity index (χ4v) is 3.14. The number of rotatable bonds is 6. The molecule has 1 fully saturated rings. The molecule has 0 atom stereocenters. The van der Waals surface area contributed by atoms with Gasteiger partial charge in [0.2, 0.25) is 0 Å². The molecule has 0 bridgehead atoms. The topological polar surface area (TPSA) is 47.6 Å². The number of carbonyl (C=O) groups is 1. The normalized spacial score (nSPS) is 14.8. The highest BCUT2D eigenvalue weighted by Crippen LogP contribution is 2.48. The van der Waals surface area contributed by atoms with Crippen LogP contribution < -0.4 is 14.8 Å². The summed E-state index contributed by atoms with van der Waals surface area (Å²) in [5, 5.41) is 3.75. The number of halogens is 1. The number of methoxy groups -OCH3 is 2. The van der Waals surface area contributed by atoms with Crippen molar-refractivity contribution in [1.29, 1.82) is 0 Å². The van der Waals surface area contributed by atoms with Crippen LogP contribution in [0.25, 0.3) is 0 Å². The summed E-state index contributed by atoms with van der Waals surface area (Å²) in [6.07, 6.45) is 2.08. The summed E-state index contributed by atoms with van der Waals surface area (Å²) in [4.78, 5) is 12.7. The molecule has 0 radical (unpaired) electrons. The average Bonchev–Trinajstić information content (AvgIpc) is 3.40. The van der Waals surface area contributed by atoms with Crippen molar-refractivity contribution in [2.24, 2.45) is 0 Å². The van der Waals surface area contributed by atoms with Crippen LogP contribution in [0.4, 0.5) is 0 Å². The van der Waals surface area contributed by atoms with E-state index in [4.69, 9.17) is 21.1 Å². The Morgan fingerprint density at radius 2 is 1.75 bits per heavy atom. The molecule has 2 aromatic rings. The number of ether oxygens (including phenoxy) is 2. The van der Waals surface area contributed by atoms with Crippen LogP contribution in [0.3, 0.4) is 0 Å². The average molecular weight is 346 g/mol. The smallest absolute Gasteiger partial charge is 0.258 e. The fraction of sp³-hybridized carbons (Fsp3) is 0.316. The van der Waals surface area contributed by atoms with Gasteiger partial charge in [-0.3, -0.25) is 4.79 Å². The Morgan fingerprint density at radius 3 is 2.29 bits per heavy atom. The predicted molar refractivity (Wildman–Crippen MR) is 94.2 cm³/mol. The maximum absolute atomic E-state index is 12.7. The van der Waals surface area contributed by atoms with Gasteiger partial charge in [0.1, 0.15) is 17.1 Å². The van der Waals surface area contributed by atoms with Gasteiger partial charge in [0, 0.05) is 17.0 Å². The van der Waals surface area contributed by atoms with E-state index < -0.39 is 0 Å². The summed E-state index contributed by atoms with van der Waals surface area (Å²) in [5.74, 6) is 0.802. The number of benzene rings is 2. The van der Waals surface area contributed by atoms with Crippen molar-refractivity contribution in [3.8, 4) is 11.5 Å². The lowest BCUT2D eigenvalue weighted by Gasteiger charge is -2.18. The van der Waals surface area contributed by atoms with E-state index in [0.29, 0.717) is 23.6 Å². The zero-order valence-electron chi connectivity index (χ0n) is 13.8. The van der Waals surface area contributed by atoms with Gasteiger partial charge in [-0.25, -0.2) is 0 Å². The van der Waals surface area contributed by atoms with Crippen molar-refractivity contribution in [1.82, 2.24) is 5.32 Å². The van der Waals surface area contributed by atoms with Crippen LogP contribution in [0.15, 0.2) is 42.5 Å². The predicted octanol–water partition coefficient (Wildman–Crippen LogP) is 3.82. The molecular formula is C19H20ClNO3. The molecule has 0 saturated heterocycles. The van der Waals surface area contributed by atoms with Crippen molar-refractivity contribution in [3.05, 3.63) is 58.6 Å². The third-order valence-corrected chi connectivity index (χ3v) is 4.77. The molecule has 5 heteroatoms. The van der Waals surface area contributed by atoms with Gasteiger partial charge >= 0.3 is 0 Å². The zero-order chi connectivity index (χ0) is 17.2. The first-order valence-corrected chi connectivity index (χ1v) is 8.23. The molecule has 24 heavy (non-hydrogen) atoms. The van der Waals surface area contributed by atoms with Crippen LogP contribution >= 0.6 is 11.6 Å². The van der Waals surface area contributed by atoms with Crippen LogP contribution in [0, 0.1) is 0 Å². The number of carbonyl (C=O) groups excluding carboxylic acids is 1. The van der Waals surface area contributed by atoms with E-state index in [1.54, 1.807) is 32.4 Å². The summed E-state index contributed by atoms with van der Waals surface area (Å²) in [7, 11) is 3.08. The Bertz CT molecular complexity index is 734. The molecular weight excluding hydrogens is 326 g/mol. The first kappa shape index (κ1) is 16.7. The van der Waals surface area contributed by atoms with E-state index in [2.05, 4.69) is 11.4 Å². The molecule has 0 aliphatic heterocycles. The second kappa shape index (κ2) is 6.73. The van der Waals surface area contributed by atoms with Crippen LogP contribution in [-0.2, 0) is 5.41 Å². The summed E-state index contributed by atoms with van der Waals surface area (Å²) in [6.45, 7) is 0.563. The molecule has 1 aliphatic carbocycles. The molecule has 0 heterocycles. The van der Waals surface area contributed by atoms with Crippen molar-refractivity contribution in [2.75, 3.05) is 20.8 Å². The van der Waals surface area contributed by atoms with Crippen LogP contribution in [0.2, 0.25) is 5.02 Å². The highest BCUT2D eigenvalue weighted by atomic mass is 35.5. The standard InChI is InChI=1S/C19H20ClNO3/c1-23-15-7-4-8-16(24-2)17(15)18(22)21-12-19(9-10-19)13-5-3-6-14(20)11-13/h3-8,11H,9-10,12H2,1-2H3,(H,21,22). The minimum atomic E-state index is -0.197. The van der Waals surface area contributed by atoms with Gasteiger partial charge in [-0.15, -0.1) is 0 Å². The lowest BCUT2D eigenvalue weighted by molar-refractivity contribution is 0.0943. The first-order chi connectivity index (χ1) is 11.6. The number of amides is 1. The third-order valence-electron chi connectivity index (χ3n) is 4.53. The van der Waals surface area contributed by atoms with E-state index >= 15 is 0 Å². The third kappa shape index (κ3) is 3.20. The molecule has 2 aromatic carbocycles. The van der Waals surface area contributed by atoms with Crippen molar-refractivity contribution in [2.45, 2.75) is 18.3 Å². The van der Waals surface area contributed by atoms with Gasteiger partial charge in [0.05, 0.1) is 14.2 Å². The first-order valence-electron chi connectivity index (χ1n) is 7.85. The zero-order valence-corrected chi connectivity index (χ0v) is 14.5. The van der Waals surface area contributed by atoms with Crippen molar-refractivity contribution >= 4 is 17.5 Å². The Morgan fingerprint density at radius 1 is 1.12 bits per heavy atom. The maximum atomic E-state index is 12.7. The summed E-state index contributed by atoms with van der Waals surface area (Å²) in [6, 6.07) is 13.1. The van der Waals surface area contributed by atoms with E-state index in [-0.39, 0.29) is 11.3 Å². The van der Waals surface area contributed by atoms with Gasteiger partial charge in [-0.2, -0.15) is 0 Å².